The zero-order valence-electron chi connectivity index (χ0n) is 15.0. The average molecular weight is 360 g/mol. The molecule has 2 aliphatic rings. The summed E-state index contributed by atoms with van der Waals surface area (Å²) in [5.41, 5.74) is 4.52. The summed E-state index contributed by atoms with van der Waals surface area (Å²) in [6, 6.07) is 10.1. The highest BCUT2D eigenvalue weighted by Crippen LogP contribution is 2.31. The summed E-state index contributed by atoms with van der Waals surface area (Å²) in [5, 5.41) is 0. The number of pyridine rings is 1. The minimum atomic E-state index is 0.613. The molecule has 5 rings (SSSR count). The van der Waals surface area contributed by atoms with E-state index in [0.29, 0.717) is 13.2 Å². The first-order valence-electron chi connectivity index (χ1n) is 9.21. The van der Waals surface area contributed by atoms with E-state index in [4.69, 9.17) is 14.5 Å². The van der Waals surface area contributed by atoms with Crippen LogP contribution in [0.1, 0.15) is 16.8 Å². The molecule has 0 aliphatic carbocycles. The van der Waals surface area contributed by atoms with Crippen LogP contribution in [0.25, 0.3) is 11.4 Å². The minimum absolute atomic E-state index is 0.613. The Morgan fingerprint density at radius 1 is 1.04 bits per heavy atom. The van der Waals surface area contributed by atoms with Gasteiger partial charge in [0.15, 0.2) is 17.3 Å². The Morgan fingerprint density at radius 2 is 1.96 bits per heavy atom. The van der Waals surface area contributed by atoms with Gasteiger partial charge in [-0.1, -0.05) is 6.07 Å². The van der Waals surface area contributed by atoms with Crippen molar-refractivity contribution in [1.82, 2.24) is 19.9 Å². The zero-order valence-corrected chi connectivity index (χ0v) is 15.0. The monoisotopic (exact) mass is 360 g/mol. The van der Waals surface area contributed by atoms with Crippen molar-refractivity contribution in [2.24, 2.45) is 0 Å². The van der Waals surface area contributed by atoms with Crippen molar-refractivity contribution in [3.63, 3.8) is 0 Å². The molecule has 4 heterocycles. The highest BCUT2D eigenvalue weighted by atomic mass is 16.6. The van der Waals surface area contributed by atoms with Gasteiger partial charge < -0.3 is 9.47 Å². The highest BCUT2D eigenvalue weighted by Gasteiger charge is 2.20. The van der Waals surface area contributed by atoms with Crippen LogP contribution in [0.5, 0.6) is 11.5 Å². The maximum Gasteiger partial charge on any atom is 0.161 e. The third-order valence-corrected chi connectivity index (χ3v) is 4.96. The first-order chi connectivity index (χ1) is 13.3. The van der Waals surface area contributed by atoms with Gasteiger partial charge in [-0.3, -0.25) is 9.88 Å². The molecule has 1 aromatic carbocycles. The summed E-state index contributed by atoms with van der Waals surface area (Å²) in [5.74, 6) is 2.42. The molecule has 3 aromatic rings. The minimum Gasteiger partial charge on any atom is -0.486 e. The van der Waals surface area contributed by atoms with Gasteiger partial charge in [-0.15, -0.1) is 0 Å². The van der Waals surface area contributed by atoms with E-state index in [0.717, 1.165) is 54.6 Å². The molecular weight excluding hydrogens is 340 g/mol. The second-order valence-electron chi connectivity index (χ2n) is 6.85. The molecule has 0 atom stereocenters. The molecule has 0 fully saturated rings. The predicted molar refractivity (Wildman–Crippen MR) is 101 cm³/mol. The van der Waals surface area contributed by atoms with E-state index in [1.54, 1.807) is 12.4 Å². The lowest BCUT2D eigenvalue weighted by atomic mass is 10.1. The molecule has 0 amide bonds. The van der Waals surface area contributed by atoms with Crippen LogP contribution in [0, 0.1) is 0 Å². The van der Waals surface area contributed by atoms with E-state index in [1.165, 1.54) is 11.1 Å². The lowest BCUT2D eigenvalue weighted by molar-refractivity contribution is 0.171. The molecule has 0 N–H and O–H groups in total. The van der Waals surface area contributed by atoms with Crippen LogP contribution in [0.4, 0.5) is 0 Å². The molecule has 0 radical (unpaired) electrons. The molecule has 6 heteroatoms. The van der Waals surface area contributed by atoms with Gasteiger partial charge in [-0.25, -0.2) is 9.97 Å². The first-order valence-corrected chi connectivity index (χ1v) is 9.21. The summed E-state index contributed by atoms with van der Waals surface area (Å²) in [6.45, 7) is 3.91. The van der Waals surface area contributed by atoms with Crippen LogP contribution >= 0.6 is 0 Å². The third kappa shape index (κ3) is 3.36. The average Bonchev–Trinajstić information content (AvgIpc) is 2.74. The summed E-state index contributed by atoms with van der Waals surface area (Å²) in [7, 11) is 0. The number of hydrogen-bond donors (Lipinski definition) is 0. The van der Waals surface area contributed by atoms with Crippen LogP contribution in [0.3, 0.4) is 0 Å². The van der Waals surface area contributed by atoms with Crippen molar-refractivity contribution in [2.45, 2.75) is 19.5 Å². The third-order valence-electron chi connectivity index (χ3n) is 4.96. The number of ether oxygens (including phenoxy) is 2. The molecule has 2 aliphatic heterocycles. The van der Waals surface area contributed by atoms with Crippen LogP contribution < -0.4 is 9.47 Å². The maximum absolute atomic E-state index is 5.70. The van der Waals surface area contributed by atoms with Crippen LogP contribution in [0.15, 0.2) is 48.9 Å². The number of rotatable bonds is 3. The van der Waals surface area contributed by atoms with Crippen LogP contribution in [-0.2, 0) is 19.5 Å². The van der Waals surface area contributed by atoms with Crippen molar-refractivity contribution in [3.8, 4) is 22.9 Å². The van der Waals surface area contributed by atoms with Crippen molar-refractivity contribution in [1.29, 1.82) is 0 Å². The zero-order chi connectivity index (χ0) is 18.1. The normalized spacial score (nSPS) is 16.0. The lowest BCUT2D eigenvalue weighted by Gasteiger charge is -2.28. The smallest absolute Gasteiger partial charge is 0.161 e. The van der Waals surface area contributed by atoms with Crippen molar-refractivity contribution >= 4 is 0 Å². The summed E-state index contributed by atoms with van der Waals surface area (Å²) < 4.78 is 11.3. The summed E-state index contributed by atoms with van der Waals surface area (Å²) >= 11 is 0. The van der Waals surface area contributed by atoms with Gasteiger partial charge in [-0.2, -0.15) is 0 Å². The molecule has 2 aromatic heterocycles. The molecule has 0 saturated carbocycles. The van der Waals surface area contributed by atoms with Crippen LogP contribution in [0.2, 0.25) is 0 Å². The molecule has 0 spiro atoms. The van der Waals surface area contributed by atoms with E-state index in [1.807, 2.05) is 24.4 Å². The summed E-state index contributed by atoms with van der Waals surface area (Å²) in [4.78, 5) is 15.9. The lowest BCUT2D eigenvalue weighted by Crippen LogP contribution is -2.31. The second-order valence-corrected chi connectivity index (χ2v) is 6.85. The second kappa shape index (κ2) is 6.96. The molecular formula is C21H20N4O2. The first kappa shape index (κ1) is 16.2. The Kier molecular flexibility index (Phi) is 4.18. The van der Waals surface area contributed by atoms with E-state index >= 15 is 0 Å². The Labute approximate surface area is 157 Å². The number of hydrogen-bond acceptors (Lipinski definition) is 6. The van der Waals surface area contributed by atoms with Gasteiger partial charge in [0.1, 0.15) is 13.2 Å². The Balaban J connectivity index is 1.34. The summed E-state index contributed by atoms with van der Waals surface area (Å²) in [6.07, 6.45) is 6.49. The molecule has 0 saturated heterocycles. The van der Waals surface area contributed by atoms with Crippen molar-refractivity contribution in [2.75, 3.05) is 19.8 Å². The van der Waals surface area contributed by atoms with Crippen molar-refractivity contribution in [3.05, 3.63) is 65.7 Å². The quantitative estimate of drug-likeness (QED) is 0.716. The van der Waals surface area contributed by atoms with Crippen molar-refractivity contribution < 1.29 is 9.47 Å². The van der Waals surface area contributed by atoms with Gasteiger partial charge in [0.05, 0.1) is 5.69 Å². The van der Waals surface area contributed by atoms with Gasteiger partial charge in [0.2, 0.25) is 0 Å². The highest BCUT2D eigenvalue weighted by molar-refractivity contribution is 5.53. The predicted octanol–water partition coefficient (Wildman–Crippen LogP) is 2.87. The molecule has 136 valence electrons. The van der Waals surface area contributed by atoms with Gasteiger partial charge in [-0.05, 0) is 41.8 Å². The van der Waals surface area contributed by atoms with E-state index in [2.05, 4.69) is 27.0 Å². The largest absolute Gasteiger partial charge is 0.486 e. The van der Waals surface area contributed by atoms with E-state index in [9.17, 15) is 0 Å². The number of aromatic nitrogens is 3. The maximum atomic E-state index is 5.70. The molecule has 27 heavy (non-hydrogen) atoms. The molecule has 6 nitrogen and oxygen atoms in total. The standard InChI is InChI=1S/C21H20N4O2/c1-2-17(11-22-6-1)21-23-12-16-5-7-25(14-18(16)24-21)13-15-3-4-19-20(10-15)27-9-8-26-19/h1-4,6,10-12H,5,7-9,13-14H2. The fourth-order valence-corrected chi connectivity index (χ4v) is 3.57. The SMILES string of the molecule is c1cncc(-c2ncc3c(n2)CN(Cc2ccc4c(c2)OCCO4)CC3)c1. The Morgan fingerprint density at radius 3 is 2.85 bits per heavy atom. The Hall–Kier alpha value is -2.99. The number of nitrogens with zero attached hydrogens (tertiary/aromatic N) is 4. The topological polar surface area (TPSA) is 60.4 Å². The van der Waals surface area contributed by atoms with Crippen LogP contribution in [-0.4, -0.2) is 39.6 Å². The Bertz CT molecular complexity index is 962. The number of benzene rings is 1. The van der Waals surface area contributed by atoms with E-state index < -0.39 is 0 Å². The fourth-order valence-electron chi connectivity index (χ4n) is 3.57. The fraction of sp³-hybridized carbons (Fsp3) is 0.286. The van der Waals surface area contributed by atoms with Gasteiger partial charge in [0.25, 0.3) is 0 Å². The van der Waals surface area contributed by atoms with Gasteiger partial charge >= 0.3 is 0 Å². The van der Waals surface area contributed by atoms with Gasteiger partial charge in [0, 0.05) is 43.8 Å². The molecule has 0 bridgehead atoms. The number of fused-ring (bicyclic) bond motifs is 2. The van der Waals surface area contributed by atoms with E-state index in [-0.39, 0.29) is 0 Å². The molecule has 0 unspecified atom stereocenters.